The summed E-state index contributed by atoms with van der Waals surface area (Å²) < 4.78 is 4.34. The van der Waals surface area contributed by atoms with Gasteiger partial charge in [0.05, 0.1) is 7.11 Å². The lowest BCUT2D eigenvalue weighted by Gasteiger charge is -1.91. The summed E-state index contributed by atoms with van der Waals surface area (Å²) in [6.45, 7) is 1.82. The van der Waals surface area contributed by atoms with Crippen molar-refractivity contribution in [2.24, 2.45) is 0 Å². The number of aliphatic hydroxyl groups is 1. The van der Waals surface area contributed by atoms with Crippen LogP contribution >= 0.6 is 0 Å². The Bertz CT molecular complexity index is 320. The first-order valence-corrected chi connectivity index (χ1v) is 4.14. The van der Waals surface area contributed by atoms with E-state index in [1.165, 1.54) is 19.3 Å². The Labute approximate surface area is 83.8 Å². The van der Waals surface area contributed by atoms with Gasteiger partial charge in [0.2, 0.25) is 0 Å². The fourth-order valence-corrected chi connectivity index (χ4v) is 0.477. The van der Waals surface area contributed by atoms with Gasteiger partial charge in [-0.1, -0.05) is 18.8 Å². The second-order valence-electron chi connectivity index (χ2n) is 2.32. The summed E-state index contributed by atoms with van der Waals surface area (Å²) >= 11 is 0. The number of rotatable bonds is 2. The zero-order valence-electron chi connectivity index (χ0n) is 8.20. The van der Waals surface area contributed by atoms with Crippen LogP contribution in [0.5, 0.6) is 0 Å². The molecule has 3 nitrogen and oxygen atoms in total. The number of aliphatic hydroxyl groups excluding tert-OH is 1. The van der Waals surface area contributed by atoms with E-state index in [4.69, 9.17) is 5.11 Å². The minimum Gasteiger partial charge on any atom is -0.466 e. The molecule has 0 saturated carbocycles. The smallest absolute Gasteiger partial charge is 0.331 e. The van der Waals surface area contributed by atoms with Crippen molar-refractivity contribution >= 4 is 5.97 Å². The zero-order valence-corrected chi connectivity index (χ0v) is 8.20. The number of carbonyl (C=O) groups excluding carboxylic acids is 1. The number of allylic oxidation sites excluding steroid dienone is 1. The second-order valence-corrected chi connectivity index (χ2v) is 2.32. The number of carbonyl (C=O) groups is 1. The van der Waals surface area contributed by atoms with Gasteiger partial charge in [-0.25, -0.2) is 4.79 Å². The van der Waals surface area contributed by atoms with Crippen molar-refractivity contribution < 1.29 is 14.6 Å². The summed E-state index contributed by atoms with van der Waals surface area (Å²) in [5.41, 5.74) is 0. The molecule has 0 amide bonds. The molecule has 0 aliphatic carbocycles. The SMILES string of the molecule is CC[C@H](O)C#CC#C/C=C/C(=O)OC. The average Bonchev–Trinajstić information content (AvgIpc) is 2.22. The minimum absolute atomic E-state index is 0.458. The van der Waals surface area contributed by atoms with E-state index in [0.29, 0.717) is 6.42 Å². The number of esters is 1. The molecule has 0 unspecified atom stereocenters. The van der Waals surface area contributed by atoms with Gasteiger partial charge < -0.3 is 9.84 Å². The number of hydrogen-bond acceptors (Lipinski definition) is 3. The van der Waals surface area contributed by atoms with Gasteiger partial charge in [-0.15, -0.1) is 0 Å². The predicted molar refractivity (Wildman–Crippen MR) is 53.0 cm³/mol. The number of hydrogen-bond donors (Lipinski definition) is 1. The van der Waals surface area contributed by atoms with Crippen LogP contribution in [-0.2, 0) is 9.53 Å². The molecular formula is C11H12O3. The van der Waals surface area contributed by atoms with Gasteiger partial charge in [-0.2, -0.15) is 0 Å². The first-order chi connectivity index (χ1) is 6.70. The molecule has 1 N–H and O–H groups in total. The number of methoxy groups -OCH3 is 1. The molecule has 0 aromatic heterocycles. The Kier molecular flexibility index (Phi) is 6.95. The van der Waals surface area contributed by atoms with Gasteiger partial charge in [0.15, 0.2) is 0 Å². The van der Waals surface area contributed by atoms with Crippen molar-refractivity contribution in [1.82, 2.24) is 0 Å². The molecule has 0 heterocycles. The van der Waals surface area contributed by atoms with Crippen molar-refractivity contribution in [3.8, 4) is 23.7 Å². The first-order valence-electron chi connectivity index (χ1n) is 4.14. The third-order valence-corrected chi connectivity index (χ3v) is 1.26. The molecule has 0 saturated heterocycles. The third-order valence-electron chi connectivity index (χ3n) is 1.26. The van der Waals surface area contributed by atoms with E-state index in [1.54, 1.807) is 0 Å². The van der Waals surface area contributed by atoms with Gasteiger partial charge >= 0.3 is 5.97 Å². The van der Waals surface area contributed by atoms with Crippen LogP contribution < -0.4 is 0 Å². The highest BCUT2D eigenvalue weighted by Crippen LogP contribution is 1.84. The molecule has 0 radical (unpaired) electrons. The van der Waals surface area contributed by atoms with Crippen LogP contribution in [0.4, 0.5) is 0 Å². The highest BCUT2D eigenvalue weighted by atomic mass is 16.5. The van der Waals surface area contributed by atoms with Crippen molar-refractivity contribution in [3.05, 3.63) is 12.2 Å². The molecule has 0 rings (SSSR count). The van der Waals surface area contributed by atoms with Gasteiger partial charge in [-0.3, -0.25) is 0 Å². The Hall–Kier alpha value is -1.71. The molecule has 0 spiro atoms. The van der Waals surface area contributed by atoms with Crippen molar-refractivity contribution in [2.75, 3.05) is 7.11 Å². The minimum atomic E-state index is -0.631. The summed E-state index contributed by atoms with van der Waals surface area (Å²) in [6, 6.07) is 0. The van der Waals surface area contributed by atoms with E-state index in [0.717, 1.165) is 0 Å². The fourth-order valence-electron chi connectivity index (χ4n) is 0.477. The maximum Gasteiger partial charge on any atom is 0.331 e. The van der Waals surface area contributed by atoms with E-state index < -0.39 is 12.1 Å². The van der Waals surface area contributed by atoms with Crippen LogP contribution in [0.3, 0.4) is 0 Å². The topological polar surface area (TPSA) is 46.5 Å². The Morgan fingerprint density at radius 3 is 2.86 bits per heavy atom. The summed E-state index contributed by atoms with van der Waals surface area (Å²) in [5, 5.41) is 9.01. The molecule has 14 heavy (non-hydrogen) atoms. The van der Waals surface area contributed by atoms with E-state index in [2.05, 4.69) is 28.4 Å². The molecule has 1 atom stereocenters. The van der Waals surface area contributed by atoms with Crippen LogP contribution in [0.2, 0.25) is 0 Å². The monoisotopic (exact) mass is 192 g/mol. The normalized spacial score (nSPS) is 10.8. The van der Waals surface area contributed by atoms with Crippen molar-refractivity contribution in [1.29, 1.82) is 0 Å². The standard InChI is InChI=1S/C11H12O3/c1-3-10(12)8-6-4-5-7-9-11(13)14-2/h7,9-10,12H,3H2,1-2H3/b9-7+/t10-/m0/s1. The zero-order chi connectivity index (χ0) is 10.8. The summed E-state index contributed by atoms with van der Waals surface area (Å²) in [4.78, 5) is 10.5. The summed E-state index contributed by atoms with van der Waals surface area (Å²) in [5.74, 6) is 9.50. The maximum absolute atomic E-state index is 10.5. The summed E-state index contributed by atoms with van der Waals surface area (Å²) in [6.07, 6.45) is 2.49. The van der Waals surface area contributed by atoms with Gasteiger partial charge in [0.1, 0.15) is 6.10 Å². The molecule has 0 aliphatic heterocycles. The highest BCUT2D eigenvalue weighted by molar-refractivity contribution is 5.82. The largest absolute Gasteiger partial charge is 0.466 e. The van der Waals surface area contributed by atoms with Crippen molar-refractivity contribution in [3.63, 3.8) is 0 Å². The molecule has 0 fully saturated rings. The van der Waals surface area contributed by atoms with Crippen LogP contribution in [0, 0.1) is 23.7 Å². The lowest BCUT2D eigenvalue weighted by Crippen LogP contribution is -1.98. The second kappa shape index (κ2) is 7.91. The maximum atomic E-state index is 10.5. The van der Waals surface area contributed by atoms with E-state index in [-0.39, 0.29) is 0 Å². The summed E-state index contributed by atoms with van der Waals surface area (Å²) in [7, 11) is 1.29. The van der Waals surface area contributed by atoms with Gasteiger partial charge in [0.25, 0.3) is 0 Å². The lowest BCUT2D eigenvalue weighted by atomic mass is 10.3. The van der Waals surface area contributed by atoms with Crippen LogP contribution in [-0.4, -0.2) is 24.3 Å². The van der Waals surface area contributed by atoms with Crippen LogP contribution in [0.15, 0.2) is 12.2 Å². The predicted octanol–water partition coefficient (Wildman–Crippen LogP) is 0.493. The van der Waals surface area contributed by atoms with Gasteiger partial charge in [0, 0.05) is 6.08 Å². The highest BCUT2D eigenvalue weighted by Gasteiger charge is 1.89. The van der Waals surface area contributed by atoms with E-state index >= 15 is 0 Å². The van der Waals surface area contributed by atoms with Crippen LogP contribution in [0.25, 0.3) is 0 Å². The quantitative estimate of drug-likeness (QED) is 0.393. The molecule has 0 aliphatic rings. The van der Waals surface area contributed by atoms with Gasteiger partial charge in [-0.05, 0) is 24.3 Å². The molecule has 0 bridgehead atoms. The molecule has 0 aromatic carbocycles. The first kappa shape index (κ1) is 12.3. The van der Waals surface area contributed by atoms with E-state index in [1.807, 2.05) is 6.92 Å². The number of ether oxygens (including phenoxy) is 1. The third kappa shape index (κ3) is 6.97. The molecule has 0 aromatic rings. The van der Waals surface area contributed by atoms with E-state index in [9.17, 15) is 4.79 Å². The Morgan fingerprint density at radius 1 is 1.57 bits per heavy atom. The lowest BCUT2D eigenvalue weighted by molar-refractivity contribution is -0.134. The molecule has 3 heteroatoms. The fraction of sp³-hybridized carbons (Fsp3) is 0.364. The van der Waals surface area contributed by atoms with Crippen LogP contribution in [0.1, 0.15) is 13.3 Å². The average molecular weight is 192 g/mol. The molecule has 74 valence electrons. The Balaban J connectivity index is 3.99. The Morgan fingerprint density at radius 2 is 2.29 bits per heavy atom. The van der Waals surface area contributed by atoms with Crippen molar-refractivity contribution in [2.45, 2.75) is 19.4 Å². The molecular weight excluding hydrogens is 180 g/mol.